The Labute approximate surface area is 221 Å². The molecule has 5 rings (SSSR count). The molecular weight excluding hydrogens is 638 g/mol. The molecule has 1 amide bonds. The summed E-state index contributed by atoms with van der Waals surface area (Å²) in [7, 11) is 0. The first-order chi connectivity index (χ1) is 16.0. The van der Waals surface area contributed by atoms with Gasteiger partial charge in [-0.05, 0) is 103 Å². The summed E-state index contributed by atoms with van der Waals surface area (Å²) in [5.74, 6) is 1.61. The van der Waals surface area contributed by atoms with Crippen LogP contribution in [-0.4, -0.2) is 12.1 Å². The predicted octanol–water partition coefficient (Wildman–Crippen LogP) is 6.90. The van der Waals surface area contributed by atoms with Crippen molar-refractivity contribution in [2.45, 2.75) is 39.2 Å². The van der Waals surface area contributed by atoms with Crippen LogP contribution in [0.4, 0.5) is 0 Å². The van der Waals surface area contributed by atoms with Crippen LogP contribution in [0.2, 0.25) is 0 Å². The van der Waals surface area contributed by atoms with Crippen molar-refractivity contribution in [2.24, 2.45) is 22.4 Å². The number of hydrogen-bond acceptors (Lipinski definition) is 3. The van der Waals surface area contributed by atoms with E-state index in [0.29, 0.717) is 12.5 Å². The number of carbonyl (C=O) groups excluding carboxylic acids is 1. The van der Waals surface area contributed by atoms with Crippen molar-refractivity contribution in [1.82, 2.24) is 5.43 Å². The van der Waals surface area contributed by atoms with Crippen LogP contribution < -0.4 is 10.2 Å². The third-order valence-corrected chi connectivity index (χ3v) is 8.88. The molecule has 0 bridgehead atoms. The summed E-state index contributed by atoms with van der Waals surface area (Å²) in [4.78, 5) is 12.6. The molecular formula is C27H26I2N2O2. The second-order valence-corrected chi connectivity index (χ2v) is 11.6. The van der Waals surface area contributed by atoms with Crippen LogP contribution in [0.25, 0.3) is 10.8 Å². The van der Waals surface area contributed by atoms with Gasteiger partial charge in [-0.3, -0.25) is 4.79 Å². The fourth-order valence-electron chi connectivity index (χ4n) is 5.45. The quantitative estimate of drug-likeness (QED) is 0.177. The monoisotopic (exact) mass is 664 g/mol. The van der Waals surface area contributed by atoms with Gasteiger partial charge in [0, 0.05) is 5.92 Å². The van der Waals surface area contributed by atoms with Gasteiger partial charge < -0.3 is 4.74 Å². The summed E-state index contributed by atoms with van der Waals surface area (Å²) in [5.41, 5.74) is 5.10. The number of hydrazone groups is 1. The van der Waals surface area contributed by atoms with E-state index in [9.17, 15) is 4.79 Å². The summed E-state index contributed by atoms with van der Waals surface area (Å²) in [6.07, 6.45) is 6.56. The molecule has 2 aliphatic carbocycles. The maximum absolute atomic E-state index is 12.6. The highest BCUT2D eigenvalue weighted by Gasteiger charge is 2.64. The molecule has 0 spiro atoms. The Hall–Kier alpha value is -1.68. The summed E-state index contributed by atoms with van der Waals surface area (Å²) in [5, 5.41) is 6.69. The lowest BCUT2D eigenvalue weighted by atomic mass is 9.90. The van der Waals surface area contributed by atoms with Crippen LogP contribution in [0.3, 0.4) is 0 Å². The number of fused-ring (bicyclic) bond motifs is 2. The molecule has 3 aromatic carbocycles. The van der Waals surface area contributed by atoms with Crippen LogP contribution in [0.5, 0.6) is 5.75 Å². The van der Waals surface area contributed by atoms with Crippen LogP contribution in [-0.2, 0) is 11.4 Å². The van der Waals surface area contributed by atoms with E-state index in [0.717, 1.165) is 24.9 Å². The summed E-state index contributed by atoms with van der Waals surface area (Å²) < 4.78 is 8.28. The van der Waals surface area contributed by atoms with Crippen molar-refractivity contribution >= 4 is 68.1 Å². The molecule has 3 aromatic rings. The minimum absolute atomic E-state index is 0.0695. The number of nitrogens with zero attached hydrogens (tertiary/aromatic N) is 1. The van der Waals surface area contributed by atoms with Gasteiger partial charge in [-0.15, -0.1) is 0 Å². The van der Waals surface area contributed by atoms with E-state index in [-0.39, 0.29) is 17.2 Å². The number of benzene rings is 3. The van der Waals surface area contributed by atoms with Gasteiger partial charge in [-0.1, -0.05) is 62.2 Å². The number of hydrogen-bond donors (Lipinski definition) is 1. The predicted molar refractivity (Wildman–Crippen MR) is 149 cm³/mol. The molecule has 2 aliphatic rings. The van der Waals surface area contributed by atoms with Crippen LogP contribution in [0, 0.1) is 24.4 Å². The Morgan fingerprint density at radius 3 is 2.67 bits per heavy atom. The Balaban J connectivity index is 1.23. The fraction of sp³-hybridized carbons (Fsp3) is 0.333. The molecule has 1 N–H and O–H groups in total. The number of ether oxygens (including phenoxy) is 1. The van der Waals surface area contributed by atoms with Crippen LogP contribution in [0.15, 0.2) is 59.7 Å². The van der Waals surface area contributed by atoms with E-state index in [1.54, 1.807) is 6.21 Å². The highest BCUT2D eigenvalue weighted by molar-refractivity contribution is 14.1. The molecule has 0 aliphatic heterocycles. The van der Waals surface area contributed by atoms with E-state index >= 15 is 0 Å². The maximum atomic E-state index is 12.6. The molecule has 0 saturated heterocycles. The average Bonchev–Trinajstić information content (AvgIpc) is 3.44. The van der Waals surface area contributed by atoms with Crippen LogP contribution in [0.1, 0.15) is 43.7 Å². The van der Waals surface area contributed by atoms with Crippen molar-refractivity contribution < 1.29 is 9.53 Å². The zero-order chi connectivity index (χ0) is 23.0. The minimum atomic E-state index is 0.0695. The number of rotatable bonds is 6. The first-order valence-corrected chi connectivity index (χ1v) is 13.5. The van der Waals surface area contributed by atoms with E-state index in [2.05, 4.69) is 105 Å². The van der Waals surface area contributed by atoms with Gasteiger partial charge >= 0.3 is 0 Å². The van der Waals surface area contributed by atoms with E-state index in [1.807, 2.05) is 12.1 Å². The van der Waals surface area contributed by atoms with Crippen LogP contribution >= 0.6 is 45.2 Å². The van der Waals surface area contributed by atoms with Crippen molar-refractivity contribution in [1.29, 1.82) is 0 Å². The van der Waals surface area contributed by atoms with Gasteiger partial charge in [0.25, 0.3) is 0 Å². The largest absolute Gasteiger partial charge is 0.487 e. The molecule has 0 unspecified atom stereocenters. The first kappa shape index (κ1) is 23.1. The van der Waals surface area contributed by atoms with E-state index < -0.39 is 0 Å². The lowest BCUT2D eigenvalue weighted by Gasteiger charge is -2.15. The lowest BCUT2D eigenvalue weighted by Crippen LogP contribution is -2.22. The van der Waals surface area contributed by atoms with Crippen molar-refractivity contribution in [3.05, 3.63) is 72.9 Å². The zero-order valence-corrected chi connectivity index (χ0v) is 22.8. The third-order valence-electron chi connectivity index (χ3n) is 7.27. The fourth-order valence-corrected chi connectivity index (χ4v) is 7.58. The zero-order valence-electron chi connectivity index (χ0n) is 18.5. The van der Waals surface area contributed by atoms with Gasteiger partial charge in [0.15, 0.2) is 0 Å². The standard InChI is InChI=1S/C27H26I2N2O2/c1-27-12-5-4-11-21(27)24(27)26(32)31-30-15-17-13-22(28)25(23(29)14-17)33-16-19-9-6-8-18-7-2-3-10-20(18)19/h2-3,6-10,13-15,21,24H,4-5,11-12,16H2,1H3,(H,31,32)/b30-15-/t21-,24+,27+/m0/s1. The van der Waals surface area contributed by atoms with Gasteiger partial charge in [0.1, 0.15) is 12.4 Å². The second-order valence-electron chi connectivity index (χ2n) is 9.31. The maximum Gasteiger partial charge on any atom is 0.244 e. The molecule has 6 heteroatoms. The molecule has 0 radical (unpaired) electrons. The van der Waals surface area contributed by atoms with Crippen molar-refractivity contribution in [3.63, 3.8) is 0 Å². The number of halogens is 2. The highest BCUT2D eigenvalue weighted by Crippen LogP contribution is 2.66. The van der Waals surface area contributed by atoms with Gasteiger partial charge in [-0.25, -0.2) is 5.43 Å². The van der Waals surface area contributed by atoms with Gasteiger partial charge in [0.2, 0.25) is 5.91 Å². The molecule has 3 atom stereocenters. The average molecular weight is 664 g/mol. The molecule has 0 heterocycles. The second kappa shape index (κ2) is 9.52. The molecule has 33 heavy (non-hydrogen) atoms. The highest BCUT2D eigenvalue weighted by atomic mass is 127. The first-order valence-electron chi connectivity index (χ1n) is 11.4. The van der Waals surface area contributed by atoms with Gasteiger partial charge in [-0.2, -0.15) is 5.10 Å². The van der Waals surface area contributed by atoms with Gasteiger partial charge in [0.05, 0.1) is 13.4 Å². The number of carbonyl (C=O) groups is 1. The molecule has 2 fully saturated rings. The Bertz CT molecular complexity index is 1210. The van der Waals surface area contributed by atoms with E-state index in [1.165, 1.54) is 35.6 Å². The normalized spacial score (nSPS) is 24.0. The molecule has 2 saturated carbocycles. The van der Waals surface area contributed by atoms with Crippen molar-refractivity contribution in [3.8, 4) is 5.75 Å². The minimum Gasteiger partial charge on any atom is -0.487 e. The lowest BCUT2D eigenvalue weighted by molar-refractivity contribution is -0.123. The topological polar surface area (TPSA) is 50.7 Å². The summed E-state index contributed by atoms with van der Waals surface area (Å²) in [6, 6.07) is 18.7. The number of nitrogens with one attached hydrogen (secondary N) is 1. The summed E-state index contributed by atoms with van der Waals surface area (Å²) >= 11 is 4.61. The molecule has 0 aromatic heterocycles. The SMILES string of the molecule is C[C@@]12CCCC[C@H]1[C@@H]2C(=O)N/N=C\c1cc(I)c(OCc2cccc3ccccc23)c(I)c1. The third kappa shape index (κ3) is 4.65. The Morgan fingerprint density at radius 2 is 1.91 bits per heavy atom. The summed E-state index contributed by atoms with van der Waals surface area (Å²) in [6.45, 7) is 2.77. The van der Waals surface area contributed by atoms with E-state index in [4.69, 9.17) is 4.74 Å². The number of amides is 1. The Morgan fingerprint density at radius 1 is 1.15 bits per heavy atom. The molecule has 4 nitrogen and oxygen atoms in total. The molecule has 170 valence electrons. The smallest absolute Gasteiger partial charge is 0.244 e. The van der Waals surface area contributed by atoms with Crippen molar-refractivity contribution in [2.75, 3.05) is 0 Å². The Kier molecular flexibility index (Phi) is 6.66.